The van der Waals surface area contributed by atoms with E-state index in [9.17, 15) is 0 Å². The molecule has 0 aromatic heterocycles. The third kappa shape index (κ3) is 10.4. The number of hydrogen-bond donors (Lipinski definition) is 6. The zero-order valence-electron chi connectivity index (χ0n) is 13.8. The van der Waals surface area contributed by atoms with Crippen molar-refractivity contribution in [3.05, 3.63) is 0 Å². The van der Waals surface area contributed by atoms with E-state index in [4.69, 9.17) is 30.6 Å². The fourth-order valence-corrected chi connectivity index (χ4v) is 1.79. The smallest absolute Gasteiger partial charge is 0.0960 e. The molecule has 6 N–H and O–H groups in total. The van der Waals surface area contributed by atoms with Crippen LogP contribution in [0.2, 0.25) is 0 Å². The van der Waals surface area contributed by atoms with Crippen molar-refractivity contribution in [3.63, 3.8) is 0 Å². The lowest BCUT2D eigenvalue weighted by molar-refractivity contribution is -0.00455. The minimum Gasteiger partial charge on any atom is -0.395 e. The summed E-state index contributed by atoms with van der Waals surface area (Å²) >= 11 is 0. The molecule has 0 aromatic rings. The third-order valence-electron chi connectivity index (χ3n) is 3.13. The Kier molecular flexibility index (Phi) is 18.5. The van der Waals surface area contributed by atoms with Gasteiger partial charge in [-0.2, -0.15) is 0 Å². The Labute approximate surface area is 133 Å². The summed E-state index contributed by atoms with van der Waals surface area (Å²) < 4.78 is 0. The van der Waals surface area contributed by atoms with Crippen molar-refractivity contribution < 1.29 is 30.6 Å². The molecule has 0 radical (unpaired) electrons. The van der Waals surface area contributed by atoms with Crippen LogP contribution in [-0.2, 0) is 0 Å². The summed E-state index contributed by atoms with van der Waals surface area (Å²) in [4.78, 5) is 3.03. The molecule has 0 fully saturated rings. The van der Waals surface area contributed by atoms with Gasteiger partial charge in [-0.3, -0.25) is 9.80 Å². The molecule has 136 valence electrons. The van der Waals surface area contributed by atoms with Gasteiger partial charge in [0, 0.05) is 13.1 Å². The van der Waals surface area contributed by atoms with Crippen LogP contribution in [0.4, 0.5) is 0 Å². The van der Waals surface area contributed by atoms with Gasteiger partial charge in [0.1, 0.15) is 0 Å². The highest BCUT2D eigenvalue weighted by molar-refractivity contribution is 4.71. The van der Waals surface area contributed by atoms with E-state index in [0.717, 1.165) is 0 Å². The summed E-state index contributed by atoms with van der Waals surface area (Å²) in [5, 5.41) is 54.4. The van der Waals surface area contributed by atoms with Crippen LogP contribution < -0.4 is 0 Å². The van der Waals surface area contributed by atoms with Gasteiger partial charge in [-0.05, 0) is 6.42 Å². The van der Waals surface area contributed by atoms with Gasteiger partial charge in [0.05, 0.1) is 52.0 Å². The lowest BCUT2D eigenvalue weighted by Crippen LogP contribution is -2.45. The van der Waals surface area contributed by atoms with Crippen LogP contribution in [0.3, 0.4) is 0 Å². The molecule has 22 heavy (non-hydrogen) atoms. The zero-order chi connectivity index (χ0) is 17.4. The molecule has 0 amide bonds. The predicted molar refractivity (Wildman–Crippen MR) is 84.1 cm³/mol. The van der Waals surface area contributed by atoms with Crippen LogP contribution in [0.1, 0.15) is 26.7 Å². The van der Waals surface area contributed by atoms with Crippen LogP contribution >= 0.6 is 0 Å². The first kappa shape index (κ1) is 23.9. The van der Waals surface area contributed by atoms with Crippen molar-refractivity contribution in [2.45, 2.75) is 38.8 Å². The molecular weight excluding hydrogens is 292 g/mol. The van der Waals surface area contributed by atoms with Crippen LogP contribution in [0, 0.1) is 0 Å². The van der Waals surface area contributed by atoms with E-state index in [1.54, 1.807) is 0 Å². The van der Waals surface area contributed by atoms with Gasteiger partial charge in [0.15, 0.2) is 0 Å². The standard InChI is InChI=1S/C11H26N2O6.C3H8/c14-4-10(5-15)12(8-18)2-1-3-13(9-19)11(6-16)7-17;1-3-2/h10-11,14-19H,1-9H2;3H2,1-2H3. The van der Waals surface area contributed by atoms with E-state index in [2.05, 4.69) is 13.8 Å². The minimum absolute atomic E-state index is 0.253. The average molecular weight is 326 g/mol. The molecule has 0 heterocycles. The Morgan fingerprint density at radius 1 is 0.636 bits per heavy atom. The van der Waals surface area contributed by atoms with Crippen LogP contribution in [-0.4, -0.2) is 106 Å². The van der Waals surface area contributed by atoms with Crippen LogP contribution in [0.25, 0.3) is 0 Å². The topological polar surface area (TPSA) is 128 Å². The van der Waals surface area contributed by atoms with E-state index in [0.29, 0.717) is 19.5 Å². The molecule has 0 saturated heterocycles. The molecule has 0 atom stereocenters. The summed E-state index contributed by atoms with van der Waals surface area (Å²) in [6, 6.07) is -1.03. The molecule has 0 aromatic carbocycles. The summed E-state index contributed by atoms with van der Waals surface area (Å²) in [5.74, 6) is 0. The quantitative estimate of drug-likeness (QED) is 0.227. The van der Waals surface area contributed by atoms with E-state index in [-0.39, 0.29) is 39.9 Å². The number of nitrogens with zero attached hydrogens (tertiary/aromatic N) is 2. The van der Waals surface area contributed by atoms with Crippen molar-refractivity contribution in [3.8, 4) is 0 Å². The summed E-state index contributed by atoms with van der Waals surface area (Å²) in [6.45, 7) is 3.51. The largest absolute Gasteiger partial charge is 0.395 e. The van der Waals surface area contributed by atoms with E-state index >= 15 is 0 Å². The van der Waals surface area contributed by atoms with Crippen molar-refractivity contribution in [1.82, 2.24) is 9.80 Å². The molecule has 0 saturated carbocycles. The third-order valence-corrected chi connectivity index (χ3v) is 3.13. The van der Waals surface area contributed by atoms with Gasteiger partial charge in [-0.1, -0.05) is 20.3 Å². The van der Waals surface area contributed by atoms with Crippen LogP contribution in [0.15, 0.2) is 0 Å². The van der Waals surface area contributed by atoms with E-state index in [1.165, 1.54) is 16.2 Å². The number of hydrogen-bond acceptors (Lipinski definition) is 8. The lowest BCUT2D eigenvalue weighted by atomic mass is 10.2. The van der Waals surface area contributed by atoms with Crippen molar-refractivity contribution >= 4 is 0 Å². The molecule has 0 spiro atoms. The fraction of sp³-hybridized carbons (Fsp3) is 1.00. The summed E-state index contributed by atoms with van der Waals surface area (Å²) in [7, 11) is 0. The van der Waals surface area contributed by atoms with Gasteiger partial charge in [0.25, 0.3) is 0 Å². The van der Waals surface area contributed by atoms with E-state index < -0.39 is 12.1 Å². The Balaban J connectivity index is 0. The second-order valence-electron chi connectivity index (χ2n) is 5.01. The molecule has 0 aliphatic carbocycles. The Morgan fingerprint density at radius 3 is 1.09 bits per heavy atom. The molecule has 0 rings (SSSR count). The molecule has 0 unspecified atom stereocenters. The van der Waals surface area contributed by atoms with Gasteiger partial charge in [0.2, 0.25) is 0 Å². The summed E-state index contributed by atoms with van der Waals surface area (Å²) in [5.41, 5.74) is 0. The molecular formula is C14H34N2O6. The Hall–Kier alpha value is -0.320. The molecule has 8 nitrogen and oxygen atoms in total. The molecule has 0 aliphatic heterocycles. The highest BCUT2D eigenvalue weighted by Crippen LogP contribution is 2.03. The zero-order valence-corrected chi connectivity index (χ0v) is 13.8. The monoisotopic (exact) mass is 326 g/mol. The SMILES string of the molecule is CCC.OCC(CO)N(CO)CCCN(CO)C(CO)CO. The van der Waals surface area contributed by atoms with Gasteiger partial charge < -0.3 is 30.6 Å². The summed E-state index contributed by atoms with van der Waals surface area (Å²) in [6.07, 6.45) is 1.80. The first-order valence-electron chi connectivity index (χ1n) is 7.73. The predicted octanol–water partition coefficient (Wildman–Crippen LogP) is -2.00. The first-order chi connectivity index (χ1) is 10.6. The number of rotatable bonds is 12. The second kappa shape index (κ2) is 17.0. The minimum atomic E-state index is -0.515. The van der Waals surface area contributed by atoms with Crippen molar-refractivity contribution in [1.29, 1.82) is 0 Å². The number of aliphatic hydroxyl groups excluding tert-OH is 6. The van der Waals surface area contributed by atoms with Gasteiger partial charge in [-0.15, -0.1) is 0 Å². The maximum Gasteiger partial charge on any atom is 0.0960 e. The Bertz CT molecular complexity index is 196. The highest BCUT2D eigenvalue weighted by atomic mass is 16.3. The maximum atomic E-state index is 9.14. The maximum absolute atomic E-state index is 9.14. The van der Waals surface area contributed by atoms with Crippen molar-refractivity contribution in [2.24, 2.45) is 0 Å². The average Bonchev–Trinajstić information content (AvgIpc) is 2.54. The number of aliphatic hydroxyl groups is 6. The molecule has 8 heteroatoms. The molecule has 0 aliphatic rings. The second-order valence-corrected chi connectivity index (χ2v) is 5.01. The van der Waals surface area contributed by atoms with Gasteiger partial charge >= 0.3 is 0 Å². The Morgan fingerprint density at radius 2 is 0.909 bits per heavy atom. The first-order valence-corrected chi connectivity index (χ1v) is 7.73. The highest BCUT2D eigenvalue weighted by Gasteiger charge is 2.18. The van der Waals surface area contributed by atoms with Crippen molar-refractivity contribution in [2.75, 3.05) is 53.0 Å². The van der Waals surface area contributed by atoms with Gasteiger partial charge in [-0.25, -0.2) is 0 Å². The van der Waals surface area contributed by atoms with Crippen LogP contribution in [0.5, 0.6) is 0 Å². The van der Waals surface area contributed by atoms with E-state index in [1.807, 2.05) is 0 Å². The fourth-order valence-electron chi connectivity index (χ4n) is 1.79. The lowest BCUT2D eigenvalue weighted by Gasteiger charge is -2.30. The normalized spacial score (nSPS) is 11.5. The molecule has 0 bridgehead atoms.